The maximum Gasteiger partial charge on any atom is 0.251 e. The Balaban J connectivity index is 0.000000671. The van der Waals surface area contributed by atoms with E-state index in [9.17, 15) is 4.79 Å². The molecule has 3 heteroatoms. The molecule has 0 aromatic carbocycles. The van der Waals surface area contributed by atoms with Crippen LogP contribution in [0.25, 0.3) is 0 Å². The van der Waals surface area contributed by atoms with E-state index >= 15 is 0 Å². The highest BCUT2D eigenvalue weighted by molar-refractivity contribution is 5.81. The standard InChI is InChI=1S/C8H15NO2.C2H6/c1-6(2)9-4-5-11-7(3)8(9)10;1-2/h6-7H,4-5H2,1-3H3;1-2H3. The van der Waals surface area contributed by atoms with Crippen molar-refractivity contribution in [3.05, 3.63) is 0 Å². The van der Waals surface area contributed by atoms with Crippen molar-refractivity contribution >= 4 is 5.91 Å². The molecule has 0 N–H and O–H groups in total. The van der Waals surface area contributed by atoms with E-state index in [1.165, 1.54) is 0 Å². The molecule has 0 saturated carbocycles. The number of nitrogens with zero attached hydrogens (tertiary/aromatic N) is 1. The molecule has 3 nitrogen and oxygen atoms in total. The minimum absolute atomic E-state index is 0.117. The van der Waals surface area contributed by atoms with Gasteiger partial charge in [-0.1, -0.05) is 13.8 Å². The zero-order valence-electron chi connectivity index (χ0n) is 9.33. The lowest BCUT2D eigenvalue weighted by atomic mass is 10.2. The van der Waals surface area contributed by atoms with Gasteiger partial charge in [0.2, 0.25) is 0 Å². The molecule has 1 aliphatic rings. The molecule has 0 spiro atoms. The number of rotatable bonds is 1. The Hall–Kier alpha value is -0.570. The van der Waals surface area contributed by atoms with Crippen LogP contribution < -0.4 is 0 Å². The Morgan fingerprint density at radius 2 is 2.00 bits per heavy atom. The second-order valence-electron chi connectivity index (χ2n) is 3.14. The van der Waals surface area contributed by atoms with Crippen LogP contribution in [0.5, 0.6) is 0 Å². The number of carbonyl (C=O) groups excluding carboxylic acids is 1. The van der Waals surface area contributed by atoms with Gasteiger partial charge in [0, 0.05) is 12.6 Å². The van der Waals surface area contributed by atoms with E-state index < -0.39 is 0 Å². The molecule has 0 aromatic heterocycles. The molecule has 1 amide bonds. The van der Waals surface area contributed by atoms with Crippen LogP contribution in [0.4, 0.5) is 0 Å². The zero-order valence-corrected chi connectivity index (χ0v) is 9.33. The van der Waals surface area contributed by atoms with Crippen LogP contribution >= 0.6 is 0 Å². The van der Waals surface area contributed by atoms with E-state index in [-0.39, 0.29) is 12.0 Å². The first-order valence-corrected chi connectivity index (χ1v) is 5.05. The molecule has 1 fully saturated rings. The third kappa shape index (κ3) is 3.35. The summed E-state index contributed by atoms with van der Waals surface area (Å²) in [7, 11) is 0. The van der Waals surface area contributed by atoms with Crippen LogP contribution in [0.1, 0.15) is 34.6 Å². The second kappa shape index (κ2) is 5.97. The van der Waals surface area contributed by atoms with E-state index in [1.54, 1.807) is 6.92 Å². The average Bonchev–Trinajstić information content (AvgIpc) is 2.13. The Kier molecular flexibility index (Phi) is 5.71. The molecule has 0 bridgehead atoms. The molecule has 1 atom stereocenters. The van der Waals surface area contributed by atoms with Gasteiger partial charge in [0.25, 0.3) is 5.91 Å². The predicted octanol–water partition coefficient (Wildman–Crippen LogP) is 1.67. The summed E-state index contributed by atoms with van der Waals surface area (Å²) >= 11 is 0. The summed E-state index contributed by atoms with van der Waals surface area (Å²) in [6.07, 6.45) is -0.244. The molecular formula is C10H21NO2. The number of carbonyl (C=O) groups is 1. The molecule has 1 heterocycles. The van der Waals surface area contributed by atoms with Crippen molar-refractivity contribution in [1.29, 1.82) is 0 Å². The first-order chi connectivity index (χ1) is 6.13. The van der Waals surface area contributed by atoms with E-state index in [2.05, 4.69) is 0 Å². The van der Waals surface area contributed by atoms with Crippen LogP contribution in [0.15, 0.2) is 0 Å². The van der Waals surface area contributed by atoms with Gasteiger partial charge in [0.05, 0.1) is 6.61 Å². The molecule has 1 rings (SSSR count). The third-order valence-electron chi connectivity index (χ3n) is 1.95. The molecule has 0 aromatic rings. The first-order valence-electron chi connectivity index (χ1n) is 5.05. The predicted molar refractivity (Wildman–Crippen MR) is 53.6 cm³/mol. The van der Waals surface area contributed by atoms with Crippen molar-refractivity contribution in [1.82, 2.24) is 4.90 Å². The Morgan fingerprint density at radius 1 is 1.46 bits per heavy atom. The van der Waals surface area contributed by atoms with Gasteiger partial charge >= 0.3 is 0 Å². The summed E-state index contributed by atoms with van der Waals surface area (Å²) in [4.78, 5) is 13.2. The van der Waals surface area contributed by atoms with Crippen molar-refractivity contribution in [2.45, 2.75) is 46.8 Å². The normalized spacial score (nSPS) is 22.8. The number of amides is 1. The van der Waals surface area contributed by atoms with Gasteiger partial charge in [-0.25, -0.2) is 0 Å². The van der Waals surface area contributed by atoms with E-state index in [0.29, 0.717) is 12.6 Å². The van der Waals surface area contributed by atoms with Gasteiger partial charge in [-0.3, -0.25) is 4.79 Å². The van der Waals surface area contributed by atoms with Crippen molar-refractivity contribution in [2.75, 3.05) is 13.2 Å². The molecule has 78 valence electrons. The Bertz CT molecular complexity index is 157. The minimum Gasteiger partial charge on any atom is -0.367 e. The fraction of sp³-hybridized carbons (Fsp3) is 0.900. The highest BCUT2D eigenvalue weighted by Gasteiger charge is 2.27. The fourth-order valence-electron chi connectivity index (χ4n) is 1.26. The lowest BCUT2D eigenvalue weighted by molar-refractivity contribution is -0.153. The van der Waals surface area contributed by atoms with Crippen molar-refractivity contribution < 1.29 is 9.53 Å². The molecule has 13 heavy (non-hydrogen) atoms. The third-order valence-corrected chi connectivity index (χ3v) is 1.95. The van der Waals surface area contributed by atoms with Gasteiger partial charge in [0.15, 0.2) is 0 Å². The minimum atomic E-state index is -0.244. The molecular weight excluding hydrogens is 166 g/mol. The lowest BCUT2D eigenvalue weighted by Crippen LogP contribution is -2.49. The van der Waals surface area contributed by atoms with E-state index in [0.717, 1.165) is 6.54 Å². The quantitative estimate of drug-likeness (QED) is 0.625. The highest BCUT2D eigenvalue weighted by atomic mass is 16.5. The van der Waals surface area contributed by atoms with Gasteiger partial charge < -0.3 is 9.64 Å². The number of morpholine rings is 1. The van der Waals surface area contributed by atoms with Gasteiger partial charge in [-0.2, -0.15) is 0 Å². The van der Waals surface area contributed by atoms with Gasteiger partial charge in [-0.15, -0.1) is 0 Å². The smallest absolute Gasteiger partial charge is 0.251 e. The van der Waals surface area contributed by atoms with Crippen LogP contribution in [-0.2, 0) is 9.53 Å². The van der Waals surface area contributed by atoms with E-state index in [1.807, 2.05) is 32.6 Å². The molecule has 0 radical (unpaired) electrons. The largest absolute Gasteiger partial charge is 0.367 e. The van der Waals surface area contributed by atoms with Crippen LogP contribution in [-0.4, -0.2) is 36.1 Å². The maximum absolute atomic E-state index is 11.4. The van der Waals surface area contributed by atoms with Gasteiger partial charge in [0.1, 0.15) is 6.10 Å². The van der Waals surface area contributed by atoms with Crippen molar-refractivity contribution in [3.8, 4) is 0 Å². The SMILES string of the molecule is CC.CC1OCCN(C(C)C)C1=O. The summed E-state index contributed by atoms with van der Waals surface area (Å²) < 4.78 is 5.18. The Morgan fingerprint density at radius 3 is 2.38 bits per heavy atom. The van der Waals surface area contributed by atoms with Crippen LogP contribution in [0.3, 0.4) is 0 Å². The summed E-state index contributed by atoms with van der Waals surface area (Å²) in [6.45, 7) is 11.3. The zero-order chi connectivity index (χ0) is 10.4. The summed E-state index contributed by atoms with van der Waals surface area (Å²) in [5.41, 5.74) is 0. The maximum atomic E-state index is 11.4. The molecule has 1 saturated heterocycles. The Labute approximate surface area is 81.1 Å². The number of hydrogen-bond donors (Lipinski definition) is 0. The monoisotopic (exact) mass is 187 g/mol. The molecule has 1 aliphatic heterocycles. The van der Waals surface area contributed by atoms with Gasteiger partial charge in [-0.05, 0) is 20.8 Å². The summed E-state index contributed by atoms with van der Waals surface area (Å²) in [5, 5.41) is 0. The second-order valence-corrected chi connectivity index (χ2v) is 3.14. The van der Waals surface area contributed by atoms with Crippen molar-refractivity contribution in [3.63, 3.8) is 0 Å². The topological polar surface area (TPSA) is 29.5 Å². The van der Waals surface area contributed by atoms with Crippen LogP contribution in [0.2, 0.25) is 0 Å². The number of ether oxygens (including phenoxy) is 1. The molecule has 0 aliphatic carbocycles. The average molecular weight is 187 g/mol. The lowest BCUT2D eigenvalue weighted by Gasteiger charge is -2.33. The highest BCUT2D eigenvalue weighted by Crippen LogP contribution is 2.09. The summed E-state index contributed by atoms with van der Waals surface area (Å²) in [6, 6.07) is 0.300. The first kappa shape index (κ1) is 12.4. The van der Waals surface area contributed by atoms with Crippen molar-refractivity contribution in [2.24, 2.45) is 0 Å². The molecule has 1 unspecified atom stereocenters. The number of hydrogen-bond acceptors (Lipinski definition) is 2. The van der Waals surface area contributed by atoms with E-state index in [4.69, 9.17) is 4.74 Å². The summed E-state index contributed by atoms with van der Waals surface area (Å²) in [5.74, 6) is 0.117. The van der Waals surface area contributed by atoms with Crippen LogP contribution in [0, 0.1) is 0 Å². The fourth-order valence-corrected chi connectivity index (χ4v) is 1.26.